The summed E-state index contributed by atoms with van der Waals surface area (Å²) in [5.41, 5.74) is 2.98. The summed E-state index contributed by atoms with van der Waals surface area (Å²) in [7, 11) is 1.91. The van der Waals surface area contributed by atoms with E-state index in [1.807, 2.05) is 13.4 Å². The van der Waals surface area contributed by atoms with Gasteiger partial charge in [-0.3, -0.25) is 0 Å². The quantitative estimate of drug-likeness (QED) is 0.447. The van der Waals surface area contributed by atoms with Crippen molar-refractivity contribution in [1.29, 1.82) is 0 Å². The summed E-state index contributed by atoms with van der Waals surface area (Å²) >= 11 is 0. The van der Waals surface area contributed by atoms with Gasteiger partial charge in [-0.15, -0.1) is 0 Å². The summed E-state index contributed by atoms with van der Waals surface area (Å²) in [6, 6.07) is 2.05. The Hall–Kier alpha value is -1.74. The molecule has 0 radical (unpaired) electrons. The topological polar surface area (TPSA) is 31.6 Å². The molecule has 1 aromatic rings. The van der Waals surface area contributed by atoms with E-state index in [2.05, 4.69) is 65.5 Å². The molecule has 7 atom stereocenters. The average molecular weight is 437 g/mol. The van der Waals surface area contributed by atoms with Gasteiger partial charge in [0.1, 0.15) is 11.9 Å². The molecule has 2 heterocycles. The largest absolute Gasteiger partial charge is 0.485 e. The van der Waals surface area contributed by atoms with Gasteiger partial charge in [-0.2, -0.15) is 0 Å². The Morgan fingerprint density at radius 3 is 2.56 bits per heavy atom. The van der Waals surface area contributed by atoms with Crippen molar-refractivity contribution < 1.29 is 13.9 Å². The molecule has 2 fully saturated rings. The Kier molecular flexibility index (Phi) is 4.92. The van der Waals surface area contributed by atoms with E-state index in [4.69, 9.17) is 13.9 Å². The zero-order valence-corrected chi connectivity index (χ0v) is 20.7. The molecule has 0 spiro atoms. The van der Waals surface area contributed by atoms with Crippen molar-refractivity contribution in [2.45, 2.75) is 78.9 Å². The number of fused-ring (bicyclic) bond motifs is 5. The van der Waals surface area contributed by atoms with E-state index < -0.39 is 0 Å². The van der Waals surface area contributed by atoms with E-state index in [1.165, 1.54) is 12.0 Å². The van der Waals surface area contributed by atoms with Crippen LogP contribution in [0, 0.1) is 33.5 Å². The average Bonchev–Trinajstić information content (AvgIpc) is 3.22. The van der Waals surface area contributed by atoms with Crippen molar-refractivity contribution >= 4 is 0 Å². The lowest BCUT2D eigenvalue weighted by Gasteiger charge is -2.61. The maximum Gasteiger partial charge on any atom is 0.136 e. The maximum atomic E-state index is 6.40. The minimum Gasteiger partial charge on any atom is -0.485 e. The molecule has 2 saturated carbocycles. The van der Waals surface area contributed by atoms with E-state index in [-0.39, 0.29) is 33.9 Å². The lowest BCUT2D eigenvalue weighted by Crippen LogP contribution is -2.53. The highest BCUT2D eigenvalue weighted by molar-refractivity contribution is 5.40. The molecule has 2 unspecified atom stereocenters. The highest BCUT2D eigenvalue weighted by Gasteiger charge is 2.63. The third kappa shape index (κ3) is 2.96. The number of ether oxygens (including phenoxy) is 2. The van der Waals surface area contributed by atoms with Crippen LogP contribution in [0.3, 0.4) is 0 Å². The first-order valence-corrected chi connectivity index (χ1v) is 12.4. The molecular formula is C29H40O3. The van der Waals surface area contributed by atoms with Crippen LogP contribution >= 0.6 is 0 Å². The molecule has 0 amide bonds. The molecule has 0 saturated heterocycles. The Bertz CT molecular complexity index is 953. The lowest BCUT2D eigenvalue weighted by atomic mass is 9.44. The van der Waals surface area contributed by atoms with Crippen molar-refractivity contribution in [2.24, 2.45) is 33.5 Å². The second kappa shape index (κ2) is 7.13. The normalized spacial score (nSPS) is 45.1. The van der Waals surface area contributed by atoms with Crippen molar-refractivity contribution in [3.63, 3.8) is 0 Å². The van der Waals surface area contributed by atoms with Crippen LogP contribution in [0.4, 0.5) is 0 Å². The predicted octanol–water partition coefficient (Wildman–Crippen LogP) is 7.63. The third-order valence-electron chi connectivity index (χ3n) is 10.0. The summed E-state index contributed by atoms with van der Waals surface area (Å²) in [5.74, 6) is 1.94. The molecule has 3 heteroatoms. The Morgan fingerprint density at radius 1 is 1.09 bits per heavy atom. The second-order valence-electron chi connectivity index (χ2n) is 12.3. The van der Waals surface area contributed by atoms with E-state index in [9.17, 15) is 0 Å². The number of hydrogen-bond donors (Lipinski definition) is 0. The zero-order valence-electron chi connectivity index (χ0n) is 20.7. The van der Waals surface area contributed by atoms with Gasteiger partial charge in [-0.05, 0) is 72.3 Å². The van der Waals surface area contributed by atoms with Crippen LogP contribution in [0.5, 0.6) is 0 Å². The predicted molar refractivity (Wildman–Crippen MR) is 128 cm³/mol. The third-order valence-corrected chi connectivity index (χ3v) is 10.0. The van der Waals surface area contributed by atoms with Crippen LogP contribution in [-0.2, 0) is 9.47 Å². The van der Waals surface area contributed by atoms with Crippen LogP contribution in [0.1, 0.15) is 78.4 Å². The Morgan fingerprint density at radius 2 is 1.88 bits per heavy atom. The molecule has 1 aromatic heterocycles. The van der Waals surface area contributed by atoms with E-state index in [1.54, 1.807) is 6.26 Å². The lowest BCUT2D eigenvalue weighted by molar-refractivity contribution is -0.0717. The summed E-state index contributed by atoms with van der Waals surface area (Å²) in [4.78, 5) is 0. The standard InChI is InChI=1S/C29H40O3/c1-19-15-24-28(5,25(32-19)20-10-14-31-18-20)13-9-22-27(4)12-8-11-26(2,3)23(27)16-21(30-7)17-29(22,24)6/h8,10,12,14-15,18,21-23,25H,1,9,11,13,16-17H2,2-7H3/t21-,22?,23?,25+,27-,28-,29-/m1/s1. The van der Waals surface area contributed by atoms with Crippen molar-refractivity contribution in [1.82, 2.24) is 0 Å². The Labute approximate surface area is 193 Å². The summed E-state index contributed by atoms with van der Waals surface area (Å²) < 4.78 is 18.1. The summed E-state index contributed by atoms with van der Waals surface area (Å²) in [5, 5.41) is 0. The van der Waals surface area contributed by atoms with E-state index in [0.717, 1.165) is 37.0 Å². The number of furan rings is 1. The summed E-state index contributed by atoms with van der Waals surface area (Å²) in [6.07, 6.45) is 16.7. The van der Waals surface area contributed by atoms with Crippen molar-refractivity contribution in [3.8, 4) is 0 Å². The number of methoxy groups -OCH3 is 1. The molecule has 32 heavy (non-hydrogen) atoms. The molecule has 0 N–H and O–H groups in total. The molecule has 0 bridgehead atoms. The molecule has 4 aliphatic rings. The summed E-state index contributed by atoms with van der Waals surface area (Å²) in [6.45, 7) is 16.7. The minimum absolute atomic E-state index is 0.0175. The van der Waals surface area contributed by atoms with Gasteiger partial charge in [0.05, 0.1) is 18.6 Å². The second-order valence-corrected chi connectivity index (χ2v) is 12.3. The molecule has 174 valence electrons. The zero-order chi connectivity index (χ0) is 22.9. The number of rotatable bonds is 2. The number of allylic oxidation sites excluding steroid dienone is 3. The van der Waals surface area contributed by atoms with E-state index >= 15 is 0 Å². The maximum absolute atomic E-state index is 6.40. The van der Waals surface area contributed by atoms with Gasteiger partial charge in [-0.1, -0.05) is 58.9 Å². The minimum atomic E-state index is -0.0846. The van der Waals surface area contributed by atoms with Gasteiger partial charge in [0.15, 0.2) is 0 Å². The molecule has 3 aliphatic carbocycles. The molecule has 3 nitrogen and oxygen atoms in total. The van der Waals surface area contributed by atoms with Crippen molar-refractivity contribution in [3.05, 3.63) is 60.3 Å². The SMILES string of the molecule is C=C1C=C2[C@]3(C)C[C@H](OC)CC4C(C)(C)CC=C[C@]4(C)C3CC[C@@]2(C)[C@H](c2ccoc2)O1. The van der Waals surface area contributed by atoms with Gasteiger partial charge in [0, 0.05) is 18.1 Å². The first-order chi connectivity index (χ1) is 15.0. The van der Waals surface area contributed by atoms with Crippen molar-refractivity contribution in [2.75, 3.05) is 7.11 Å². The fraction of sp³-hybridized carbons (Fsp3) is 0.655. The fourth-order valence-electron chi connectivity index (χ4n) is 8.57. The number of hydrogen-bond acceptors (Lipinski definition) is 3. The van der Waals surface area contributed by atoms with Crippen LogP contribution in [0.25, 0.3) is 0 Å². The molecule has 1 aliphatic heterocycles. The van der Waals surface area contributed by atoms with Gasteiger partial charge < -0.3 is 13.9 Å². The van der Waals surface area contributed by atoms with Gasteiger partial charge in [-0.25, -0.2) is 0 Å². The molecule has 0 aromatic carbocycles. The molecular weight excluding hydrogens is 396 g/mol. The highest BCUT2D eigenvalue weighted by Crippen LogP contribution is 2.70. The van der Waals surface area contributed by atoms with Crippen LogP contribution in [0.2, 0.25) is 0 Å². The van der Waals surface area contributed by atoms with E-state index in [0.29, 0.717) is 11.8 Å². The monoisotopic (exact) mass is 436 g/mol. The first kappa shape index (κ1) is 22.1. The molecule has 5 rings (SSSR count). The first-order valence-electron chi connectivity index (χ1n) is 12.4. The smallest absolute Gasteiger partial charge is 0.136 e. The van der Waals surface area contributed by atoms with Gasteiger partial charge in [0.25, 0.3) is 0 Å². The van der Waals surface area contributed by atoms with Gasteiger partial charge >= 0.3 is 0 Å². The van der Waals surface area contributed by atoms with Crippen LogP contribution in [0.15, 0.2) is 59.1 Å². The fourth-order valence-corrected chi connectivity index (χ4v) is 8.57. The van der Waals surface area contributed by atoms with Gasteiger partial charge in [0.2, 0.25) is 0 Å². The van der Waals surface area contributed by atoms with Crippen LogP contribution < -0.4 is 0 Å². The highest BCUT2D eigenvalue weighted by atomic mass is 16.5. The van der Waals surface area contributed by atoms with Crippen LogP contribution in [-0.4, -0.2) is 13.2 Å². The Balaban J connectivity index is 1.67.